The van der Waals surface area contributed by atoms with Crippen LogP contribution in [-0.4, -0.2) is 28.5 Å². The Morgan fingerprint density at radius 1 is 1.16 bits per heavy atom. The first kappa shape index (κ1) is 15.9. The summed E-state index contributed by atoms with van der Waals surface area (Å²) in [5.74, 6) is 1.14. The average molecular weight is 266 g/mol. The predicted octanol–water partition coefficient (Wildman–Crippen LogP) is 2.42. The van der Waals surface area contributed by atoms with Crippen LogP contribution in [0.4, 0.5) is 4.39 Å². The topological polar surface area (TPSA) is 49.7 Å². The molecule has 1 aromatic carbocycles. The lowest BCUT2D eigenvalue weighted by Crippen LogP contribution is -2.50. The first-order valence-corrected chi connectivity index (χ1v) is 6.14. The Morgan fingerprint density at radius 3 is 2.16 bits per heavy atom. The summed E-state index contributed by atoms with van der Waals surface area (Å²) in [5, 5.41) is 19.7. The van der Waals surface area contributed by atoms with E-state index in [0.29, 0.717) is 0 Å². The van der Waals surface area contributed by atoms with Crippen LogP contribution in [0.3, 0.4) is 0 Å². The standard InChI is InChI=1S/C14H20BFO3/c1-13(2,17)14(3,4)19-15(18)10-9-11-5-7-12(16)8-6-11/h5-10,17-18H,1-4H3/b10-9+. The first-order chi connectivity index (χ1) is 8.62. The number of halogens is 1. The molecule has 3 nitrogen and oxygen atoms in total. The van der Waals surface area contributed by atoms with Crippen molar-refractivity contribution in [1.82, 2.24) is 0 Å². The fourth-order valence-electron chi connectivity index (χ4n) is 1.25. The Morgan fingerprint density at radius 2 is 1.68 bits per heavy atom. The van der Waals surface area contributed by atoms with Crippen LogP contribution in [0, 0.1) is 5.82 Å². The summed E-state index contributed by atoms with van der Waals surface area (Å²) in [7, 11) is -1.15. The van der Waals surface area contributed by atoms with Crippen molar-refractivity contribution in [3.05, 3.63) is 41.6 Å². The maximum Gasteiger partial charge on any atom is 0.483 e. The molecule has 104 valence electrons. The molecule has 0 spiro atoms. The maximum atomic E-state index is 12.7. The normalized spacial score (nSPS) is 13.0. The van der Waals surface area contributed by atoms with Crippen molar-refractivity contribution in [2.75, 3.05) is 0 Å². The molecule has 0 aliphatic heterocycles. The fraction of sp³-hybridized carbons (Fsp3) is 0.429. The van der Waals surface area contributed by atoms with Crippen molar-refractivity contribution in [2.45, 2.75) is 38.9 Å². The van der Waals surface area contributed by atoms with Crippen molar-refractivity contribution >= 4 is 13.2 Å². The molecule has 0 amide bonds. The highest BCUT2D eigenvalue weighted by Crippen LogP contribution is 2.25. The molecule has 1 rings (SSSR count). The van der Waals surface area contributed by atoms with E-state index in [-0.39, 0.29) is 5.82 Å². The molecule has 19 heavy (non-hydrogen) atoms. The molecule has 0 radical (unpaired) electrons. The number of aliphatic hydroxyl groups is 1. The molecule has 5 heteroatoms. The molecule has 0 saturated heterocycles. The fourth-order valence-corrected chi connectivity index (χ4v) is 1.25. The average Bonchev–Trinajstić information content (AvgIpc) is 2.26. The van der Waals surface area contributed by atoms with Crippen molar-refractivity contribution in [1.29, 1.82) is 0 Å². The molecule has 0 aliphatic carbocycles. The Bertz CT molecular complexity index is 435. The number of hydrogen-bond acceptors (Lipinski definition) is 3. The van der Waals surface area contributed by atoms with Gasteiger partial charge >= 0.3 is 7.12 Å². The van der Waals surface area contributed by atoms with Crippen LogP contribution < -0.4 is 0 Å². The molecule has 0 heterocycles. The van der Waals surface area contributed by atoms with Crippen LogP contribution in [0.15, 0.2) is 30.2 Å². The largest absolute Gasteiger partial charge is 0.483 e. The predicted molar refractivity (Wildman–Crippen MR) is 74.9 cm³/mol. The molecule has 0 bridgehead atoms. The Hall–Kier alpha value is -1.17. The van der Waals surface area contributed by atoms with Gasteiger partial charge in [-0.3, -0.25) is 0 Å². The molecule has 2 N–H and O–H groups in total. The smallest absolute Gasteiger partial charge is 0.423 e. The summed E-state index contributed by atoms with van der Waals surface area (Å²) < 4.78 is 18.1. The molecular weight excluding hydrogens is 246 g/mol. The highest BCUT2D eigenvalue weighted by molar-refractivity contribution is 6.50. The van der Waals surface area contributed by atoms with E-state index < -0.39 is 18.3 Å². The van der Waals surface area contributed by atoms with Crippen LogP contribution in [0.1, 0.15) is 33.3 Å². The van der Waals surface area contributed by atoms with E-state index in [1.807, 2.05) is 0 Å². The van der Waals surface area contributed by atoms with Gasteiger partial charge in [0.1, 0.15) is 5.82 Å². The van der Waals surface area contributed by atoms with E-state index in [1.165, 1.54) is 18.1 Å². The summed E-state index contributed by atoms with van der Waals surface area (Å²) in [5.41, 5.74) is -1.23. The van der Waals surface area contributed by atoms with Crippen molar-refractivity contribution in [3.8, 4) is 0 Å². The van der Waals surface area contributed by atoms with Gasteiger partial charge in [0.15, 0.2) is 0 Å². The lowest BCUT2D eigenvalue weighted by atomic mass is 9.82. The molecule has 0 atom stereocenters. The molecule has 0 aromatic heterocycles. The second-order valence-electron chi connectivity index (χ2n) is 5.49. The van der Waals surface area contributed by atoms with Gasteiger partial charge in [0.2, 0.25) is 0 Å². The Labute approximate surface area is 113 Å². The van der Waals surface area contributed by atoms with Crippen LogP contribution in [0.5, 0.6) is 0 Å². The third-order valence-corrected chi connectivity index (χ3v) is 3.21. The summed E-state index contributed by atoms with van der Waals surface area (Å²) in [6.45, 7) is 6.62. The van der Waals surface area contributed by atoms with Gasteiger partial charge in [-0.05, 0) is 45.4 Å². The molecular formula is C14H20BFO3. The van der Waals surface area contributed by atoms with Gasteiger partial charge < -0.3 is 14.8 Å². The van der Waals surface area contributed by atoms with Crippen molar-refractivity contribution < 1.29 is 19.2 Å². The highest BCUT2D eigenvalue weighted by atomic mass is 19.1. The van der Waals surface area contributed by atoms with Gasteiger partial charge in [-0.1, -0.05) is 24.2 Å². The second kappa shape index (κ2) is 5.86. The number of rotatable bonds is 5. The second-order valence-corrected chi connectivity index (χ2v) is 5.49. The van der Waals surface area contributed by atoms with E-state index in [0.717, 1.165) is 5.56 Å². The zero-order valence-corrected chi connectivity index (χ0v) is 11.7. The summed E-state index contributed by atoms with van der Waals surface area (Å²) in [6.07, 6.45) is 1.63. The maximum absolute atomic E-state index is 12.7. The van der Waals surface area contributed by atoms with Crippen LogP contribution in [0.2, 0.25) is 0 Å². The van der Waals surface area contributed by atoms with Crippen LogP contribution >= 0.6 is 0 Å². The van der Waals surface area contributed by atoms with Gasteiger partial charge in [0, 0.05) is 0 Å². The summed E-state index contributed by atoms with van der Waals surface area (Å²) in [4.78, 5) is 0. The van der Waals surface area contributed by atoms with Gasteiger partial charge in [-0.2, -0.15) is 0 Å². The lowest BCUT2D eigenvalue weighted by Gasteiger charge is -2.38. The van der Waals surface area contributed by atoms with Crippen LogP contribution in [-0.2, 0) is 4.65 Å². The van der Waals surface area contributed by atoms with E-state index in [9.17, 15) is 14.5 Å². The highest BCUT2D eigenvalue weighted by Gasteiger charge is 2.38. The van der Waals surface area contributed by atoms with Crippen molar-refractivity contribution in [2.24, 2.45) is 0 Å². The van der Waals surface area contributed by atoms with Gasteiger partial charge in [-0.25, -0.2) is 4.39 Å². The monoisotopic (exact) mass is 266 g/mol. The van der Waals surface area contributed by atoms with E-state index in [1.54, 1.807) is 45.9 Å². The third kappa shape index (κ3) is 4.78. The van der Waals surface area contributed by atoms with E-state index >= 15 is 0 Å². The van der Waals surface area contributed by atoms with Crippen molar-refractivity contribution in [3.63, 3.8) is 0 Å². The summed E-state index contributed by atoms with van der Waals surface area (Å²) >= 11 is 0. The number of benzene rings is 1. The lowest BCUT2D eigenvalue weighted by molar-refractivity contribution is -0.0984. The molecule has 1 aromatic rings. The SMILES string of the molecule is CC(C)(O)C(C)(C)OB(O)/C=C/c1ccc(F)cc1. The molecule has 0 aliphatic rings. The minimum atomic E-state index is -1.15. The minimum absolute atomic E-state index is 0.308. The van der Waals surface area contributed by atoms with Gasteiger partial charge in [0.05, 0.1) is 11.2 Å². The molecule has 0 fully saturated rings. The third-order valence-electron chi connectivity index (χ3n) is 3.21. The molecule has 0 unspecified atom stereocenters. The zero-order valence-electron chi connectivity index (χ0n) is 11.7. The van der Waals surface area contributed by atoms with E-state index in [2.05, 4.69) is 0 Å². The zero-order chi connectivity index (χ0) is 14.7. The first-order valence-electron chi connectivity index (χ1n) is 6.14. The number of hydrogen-bond donors (Lipinski definition) is 2. The summed E-state index contributed by atoms with van der Waals surface area (Å²) in [6, 6.07) is 5.88. The van der Waals surface area contributed by atoms with Crippen LogP contribution in [0.25, 0.3) is 6.08 Å². The Kier molecular flexibility index (Phi) is 4.90. The Balaban J connectivity index is 2.65. The van der Waals surface area contributed by atoms with Gasteiger partial charge in [-0.15, -0.1) is 0 Å². The van der Waals surface area contributed by atoms with Gasteiger partial charge in [0.25, 0.3) is 0 Å². The quantitative estimate of drug-likeness (QED) is 0.805. The van der Waals surface area contributed by atoms with E-state index in [4.69, 9.17) is 4.65 Å². The minimum Gasteiger partial charge on any atom is -0.423 e. The molecule has 0 saturated carbocycles.